The van der Waals surface area contributed by atoms with Crippen LogP contribution in [0.4, 0.5) is 0 Å². The number of rotatable bonds is 0. The van der Waals surface area contributed by atoms with Gasteiger partial charge in [0.25, 0.3) is 0 Å². The third-order valence-electron chi connectivity index (χ3n) is 2.74. The first kappa shape index (κ1) is 13.2. The third-order valence-corrected chi connectivity index (χ3v) is 16.6. The first-order valence-corrected chi connectivity index (χ1v) is 11.8. The summed E-state index contributed by atoms with van der Waals surface area (Å²) in [7, 11) is 0. The van der Waals surface area contributed by atoms with Crippen molar-refractivity contribution in [3.63, 3.8) is 0 Å². The molecule has 2 heterocycles. The van der Waals surface area contributed by atoms with Crippen molar-refractivity contribution in [1.29, 1.82) is 0 Å². The van der Waals surface area contributed by atoms with Crippen LogP contribution in [0.25, 0.3) is 0 Å². The molecule has 0 radical (unpaired) electrons. The van der Waals surface area contributed by atoms with Gasteiger partial charge in [-0.1, -0.05) is 0 Å². The fourth-order valence-electron chi connectivity index (χ4n) is 1.92. The molecular weight excluding hydrogens is 354 g/mol. The van der Waals surface area contributed by atoms with E-state index in [0.717, 1.165) is 43.0 Å². The Morgan fingerprint density at radius 2 is 1.80 bits per heavy atom. The van der Waals surface area contributed by atoms with Crippen LogP contribution in [0.1, 0.15) is 33.1 Å². The van der Waals surface area contributed by atoms with Gasteiger partial charge in [0, 0.05) is 0 Å². The minimum absolute atomic E-state index is 0.818. The van der Waals surface area contributed by atoms with E-state index in [1.807, 2.05) is 0 Å². The molecule has 2 rings (SSSR count). The molecule has 3 unspecified atom stereocenters. The van der Waals surface area contributed by atoms with E-state index in [1.54, 1.807) is 11.7 Å². The van der Waals surface area contributed by atoms with E-state index in [0.29, 0.717) is 0 Å². The van der Waals surface area contributed by atoms with Crippen LogP contribution in [0, 0.1) is 0 Å². The van der Waals surface area contributed by atoms with Crippen LogP contribution in [-0.4, -0.2) is 48.7 Å². The van der Waals surface area contributed by atoms with E-state index in [2.05, 4.69) is 37.4 Å². The van der Waals surface area contributed by atoms with Crippen molar-refractivity contribution in [2.24, 2.45) is 0 Å². The first-order valence-electron chi connectivity index (χ1n) is 5.77. The van der Waals surface area contributed by atoms with E-state index >= 15 is 0 Å². The summed E-state index contributed by atoms with van der Waals surface area (Å²) in [6.45, 7) is 4.89. The monoisotopic (exact) mass is 376 g/mol. The Morgan fingerprint density at radius 1 is 1.07 bits per heavy atom. The van der Waals surface area contributed by atoms with Crippen LogP contribution in [-0.2, 0) is 0 Å². The summed E-state index contributed by atoms with van der Waals surface area (Å²) in [6, 6.07) is 0. The Morgan fingerprint density at radius 3 is 2.53 bits per heavy atom. The fraction of sp³-hybridized carbons (Fsp3) is 1.00. The molecule has 2 aliphatic rings. The van der Waals surface area contributed by atoms with Crippen molar-refractivity contribution in [2.45, 2.75) is 56.8 Å². The van der Waals surface area contributed by atoms with Crippen LogP contribution in [0.15, 0.2) is 0 Å². The van der Waals surface area contributed by atoms with Gasteiger partial charge in [-0.15, -0.1) is 0 Å². The Kier molecular flexibility index (Phi) is 5.33. The Balaban J connectivity index is 1.96. The van der Waals surface area contributed by atoms with E-state index in [9.17, 15) is 0 Å². The zero-order valence-electron chi connectivity index (χ0n) is 9.53. The summed E-state index contributed by atoms with van der Waals surface area (Å²) in [5, 5.41) is 4.97. The fourth-order valence-corrected chi connectivity index (χ4v) is 15.1. The van der Waals surface area contributed by atoms with E-state index < -0.39 is 0 Å². The molecule has 2 saturated heterocycles. The van der Waals surface area contributed by atoms with Crippen molar-refractivity contribution in [1.82, 2.24) is 0 Å². The second-order valence-corrected chi connectivity index (χ2v) is 15.7. The summed E-state index contributed by atoms with van der Waals surface area (Å²) >= 11 is 6.46. The van der Waals surface area contributed by atoms with E-state index in [-0.39, 0.29) is 0 Å². The molecule has 0 amide bonds. The van der Waals surface area contributed by atoms with Gasteiger partial charge in [0.15, 0.2) is 0 Å². The van der Waals surface area contributed by atoms with Gasteiger partial charge >= 0.3 is 116 Å². The molecule has 0 aromatic carbocycles. The second-order valence-electron chi connectivity index (χ2n) is 4.37. The third kappa shape index (κ3) is 3.86. The molecule has 3 atom stereocenters. The molecule has 0 aliphatic carbocycles. The molecule has 2 aliphatic heterocycles. The average Bonchev–Trinajstić information content (AvgIpc) is 2.60. The molecule has 15 heavy (non-hydrogen) atoms. The van der Waals surface area contributed by atoms with Crippen LogP contribution in [0.5, 0.6) is 0 Å². The number of hydrogen-bond donors (Lipinski definition) is 0. The van der Waals surface area contributed by atoms with Crippen LogP contribution < -0.4 is 0 Å². The van der Waals surface area contributed by atoms with Crippen LogP contribution in [0.3, 0.4) is 0 Å². The molecular formula is C11H20S2Se2. The first-order chi connectivity index (χ1) is 7.20. The molecule has 0 aromatic rings. The predicted octanol–water partition coefficient (Wildman–Crippen LogP) is 3.33. The van der Waals surface area contributed by atoms with Gasteiger partial charge in [0.1, 0.15) is 0 Å². The number of hydrogen-bond acceptors (Lipinski definition) is 2. The number of thioether (sulfide) groups is 2. The normalized spacial score (nSPS) is 43.6. The van der Waals surface area contributed by atoms with Gasteiger partial charge < -0.3 is 0 Å². The van der Waals surface area contributed by atoms with E-state index in [1.165, 1.54) is 23.9 Å². The van der Waals surface area contributed by atoms with Gasteiger partial charge in [0.05, 0.1) is 0 Å². The second kappa shape index (κ2) is 6.07. The Hall–Kier alpha value is 1.74. The average molecular weight is 374 g/mol. The summed E-state index contributed by atoms with van der Waals surface area (Å²) in [4.78, 5) is 0. The van der Waals surface area contributed by atoms with Crippen molar-refractivity contribution in [2.75, 3.05) is 5.75 Å². The quantitative estimate of drug-likeness (QED) is 0.597. The topological polar surface area (TPSA) is 0 Å². The van der Waals surface area contributed by atoms with Crippen LogP contribution in [0.2, 0.25) is 10.6 Å². The summed E-state index contributed by atoms with van der Waals surface area (Å²) < 4.78 is 0.818. The zero-order chi connectivity index (χ0) is 10.7. The maximum atomic E-state index is 2.45. The van der Waals surface area contributed by atoms with Crippen molar-refractivity contribution >= 4 is 53.4 Å². The minimum atomic E-state index is 0.818. The van der Waals surface area contributed by atoms with Crippen molar-refractivity contribution in [3.05, 3.63) is 0 Å². The predicted molar refractivity (Wildman–Crippen MR) is 76.7 cm³/mol. The Bertz CT molecular complexity index is 213. The van der Waals surface area contributed by atoms with Gasteiger partial charge in [-0.3, -0.25) is 0 Å². The summed E-state index contributed by atoms with van der Waals surface area (Å²) in [5.74, 6) is 1.42. The molecule has 0 N–H and O–H groups in total. The van der Waals surface area contributed by atoms with E-state index in [4.69, 9.17) is 0 Å². The molecule has 88 valence electrons. The SMILES string of the molecule is CC1C[Se]C2(CCCCS1)SC(C)C[Se]2. The van der Waals surface area contributed by atoms with Gasteiger partial charge in [-0.05, 0) is 0 Å². The molecule has 0 nitrogen and oxygen atoms in total. The molecule has 0 aromatic heterocycles. The maximum absolute atomic E-state index is 2.45. The molecule has 1 spiro atoms. The molecule has 0 bridgehead atoms. The summed E-state index contributed by atoms with van der Waals surface area (Å²) in [5.41, 5.74) is 0. The van der Waals surface area contributed by atoms with Crippen molar-refractivity contribution in [3.8, 4) is 0 Å². The Labute approximate surface area is 115 Å². The molecule has 4 heteroatoms. The van der Waals surface area contributed by atoms with Gasteiger partial charge in [0.2, 0.25) is 0 Å². The van der Waals surface area contributed by atoms with Crippen molar-refractivity contribution < 1.29 is 0 Å². The molecule has 0 saturated carbocycles. The van der Waals surface area contributed by atoms with Gasteiger partial charge in [-0.25, -0.2) is 0 Å². The standard InChI is InChI=1S/C11H20S2Se2/c1-9-7-14-11(5-3-4-6-12-9)13-10(2)8-15-11/h9-10H,3-8H2,1-2H3. The molecule has 2 fully saturated rings. The van der Waals surface area contributed by atoms with Crippen LogP contribution >= 0.6 is 23.5 Å². The zero-order valence-corrected chi connectivity index (χ0v) is 14.6. The van der Waals surface area contributed by atoms with Gasteiger partial charge in [-0.2, -0.15) is 0 Å². The summed E-state index contributed by atoms with van der Waals surface area (Å²) in [6.07, 6.45) is 4.52.